The van der Waals surface area contributed by atoms with Gasteiger partial charge in [-0.15, -0.1) is 10.2 Å². The molecule has 0 spiro atoms. The number of carbonyl (C=O) groups excluding carboxylic acids is 2. The predicted molar refractivity (Wildman–Crippen MR) is 121 cm³/mol. The number of nitrogens with two attached hydrogens (primary N) is 1. The van der Waals surface area contributed by atoms with Crippen molar-refractivity contribution in [3.05, 3.63) is 52.5 Å². The van der Waals surface area contributed by atoms with Crippen LogP contribution in [-0.2, 0) is 27.3 Å². The van der Waals surface area contributed by atoms with Crippen molar-refractivity contribution in [2.75, 3.05) is 26.4 Å². The van der Waals surface area contributed by atoms with Crippen LogP contribution in [0.1, 0.15) is 42.3 Å². The first-order valence-electron chi connectivity index (χ1n) is 11.2. The highest BCUT2D eigenvalue weighted by atomic mass is 16.5. The number of aromatic nitrogens is 3. The normalized spacial score (nSPS) is 17.2. The number of fused-ring (bicyclic) bond motifs is 1. The molecule has 174 valence electrons. The second-order valence-electron chi connectivity index (χ2n) is 8.48. The average Bonchev–Trinajstić information content (AvgIpc) is 2.84. The molecule has 2 N–H and O–H groups in total. The molecule has 0 aromatic carbocycles. The summed E-state index contributed by atoms with van der Waals surface area (Å²) < 4.78 is 11.1. The number of carbonyl (C=O) groups is 2. The number of rotatable bonds is 6. The summed E-state index contributed by atoms with van der Waals surface area (Å²) in [4.78, 5) is 31.1. The molecule has 2 aliphatic rings. The van der Waals surface area contributed by atoms with E-state index in [0.29, 0.717) is 55.4 Å². The number of aryl methyl sites for hydroxylation is 1. The molecule has 1 saturated heterocycles. The van der Waals surface area contributed by atoms with E-state index in [4.69, 9.17) is 15.2 Å². The zero-order chi connectivity index (χ0) is 23.4. The van der Waals surface area contributed by atoms with Gasteiger partial charge in [-0.1, -0.05) is 0 Å². The van der Waals surface area contributed by atoms with Crippen LogP contribution in [-0.4, -0.2) is 58.1 Å². The molecule has 2 aromatic heterocycles. The van der Waals surface area contributed by atoms with Crippen LogP contribution >= 0.6 is 0 Å². The topological polar surface area (TPSA) is 121 Å². The van der Waals surface area contributed by atoms with Gasteiger partial charge >= 0.3 is 0 Å². The Morgan fingerprint density at radius 1 is 1.24 bits per heavy atom. The maximum Gasteiger partial charge on any atom is 0.234 e. The molecule has 9 nitrogen and oxygen atoms in total. The number of hydrogen-bond donors (Lipinski definition) is 1. The number of nitrogens with zero attached hydrogens (tertiary/aromatic N) is 4. The Bertz CT molecular complexity index is 1060. The van der Waals surface area contributed by atoms with Crippen LogP contribution in [0.4, 0.5) is 0 Å². The SMILES string of the molecule is CC(=O)/C(COc1cc2c(nn1)CN(C(=O)C1CCOCC1)CC2)=C(\N)c1ccc(C)nc1. The van der Waals surface area contributed by atoms with Crippen LogP contribution < -0.4 is 10.5 Å². The standard InChI is InChI=1S/C24H29N5O4/c1-15-3-4-19(12-26-15)23(25)20(16(2)30)14-33-22-11-18-5-8-29(13-21(18)27-28-22)24(31)17-6-9-32-10-7-17/h3-4,11-12,17H,5-10,13-14,25H2,1-2H3/b23-20-. The van der Waals surface area contributed by atoms with Crippen molar-refractivity contribution in [1.29, 1.82) is 0 Å². The van der Waals surface area contributed by atoms with E-state index in [-0.39, 0.29) is 24.2 Å². The number of pyridine rings is 1. The lowest BCUT2D eigenvalue weighted by Gasteiger charge is -2.32. The van der Waals surface area contributed by atoms with Gasteiger partial charge < -0.3 is 20.1 Å². The molecular weight excluding hydrogens is 422 g/mol. The fourth-order valence-electron chi connectivity index (χ4n) is 4.08. The summed E-state index contributed by atoms with van der Waals surface area (Å²) in [5, 5.41) is 8.45. The predicted octanol–water partition coefficient (Wildman–Crippen LogP) is 1.83. The minimum absolute atomic E-state index is 0.0170. The van der Waals surface area contributed by atoms with E-state index < -0.39 is 0 Å². The van der Waals surface area contributed by atoms with E-state index in [1.165, 1.54) is 6.92 Å². The molecule has 1 fully saturated rings. The van der Waals surface area contributed by atoms with Crippen molar-refractivity contribution in [1.82, 2.24) is 20.1 Å². The van der Waals surface area contributed by atoms with Crippen molar-refractivity contribution >= 4 is 17.4 Å². The van der Waals surface area contributed by atoms with Gasteiger partial charge in [0.2, 0.25) is 11.8 Å². The molecule has 0 unspecified atom stereocenters. The fraction of sp³-hybridized carbons (Fsp3) is 0.458. The monoisotopic (exact) mass is 451 g/mol. The summed E-state index contributed by atoms with van der Waals surface area (Å²) in [6.45, 7) is 5.69. The number of ether oxygens (including phenoxy) is 2. The molecule has 4 rings (SSSR count). The van der Waals surface area contributed by atoms with Crippen LogP contribution in [0, 0.1) is 12.8 Å². The van der Waals surface area contributed by atoms with Crippen LogP contribution in [0.3, 0.4) is 0 Å². The zero-order valence-corrected chi connectivity index (χ0v) is 19.0. The second kappa shape index (κ2) is 10.1. The van der Waals surface area contributed by atoms with Gasteiger partial charge in [-0.2, -0.15) is 0 Å². The highest BCUT2D eigenvalue weighted by Gasteiger charge is 2.29. The fourth-order valence-corrected chi connectivity index (χ4v) is 4.08. The van der Waals surface area contributed by atoms with E-state index in [1.54, 1.807) is 6.20 Å². The molecule has 0 radical (unpaired) electrons. The van der Waals surface area contributed by atoms with Crippen molar-refractivity contribution in [3.63, 3.8) is 0 Å². The minimum Gasteiger partial charge on any atom is -0.471 e. The molecule has 1 amide bonds. The highest BCUT2D eigenvalue weighted by molar-refractivity contribution is 6.00. The summed E-state index contributed by atoms with van der Waals surface area (Å²) in [5.41, 5.74) is 10.2. The van der Waals surface area contributed by atoms with Crippen molar-refractivity contribution < 1.29 is 19.1 Å². The summed E-state index contributed by atoms with van der Waals surface area (Å²) in [7, 11) is 0. The summed E-state index contributed by atoms with van der Waals surface area (Å²) in [5.74, 6) is 0.345. The Hall–Kier alpha value is -3.33. The van der Waals surface area contributed by atoms with Crippen LogP contribution in [0.2, 0.25) is 0 Å². The third-order valence-corrected chi connectivity index (χ3v) is 6.15. The van der Waals surface area contributed by atoms with Crippen molar-refractivity contribution in [2.24, 2.45) is 11.7 Å². The Kier molecular flexibility index (Phi) is 6.98. The average molecular weight is 452 g/mol. The number of amides is 1. The lowest BCUT2D eigenvalue weighted by molar-refractivity contribution is -0.139. The van der Waals surface area contributed by atoms with E-state index in [9.17, 15) is 9.59 Å². The van der Waals surface area contributed by atoms with Gasteiger partial charge in [0.1, 0.15) is 6.61 Å². The first-order chi connectivity index (χ1) is 15.9. The van der Waals surface area contributed by atoms with E-state index in [1.807, 2.05) is 30.0 Å². The Labute approximate surface area is 193 Å². The number of Topliss-reactive ketones (excluding diaryl/α,β-unsaturated/α-hetero) is 1. The van der Waals surface area contributed by atoms with Crippen LogP contribution in [0.25, 0.3) is 5.70 Å². The molecule has 2 aliphatic heterocycles. The molecular formula is C24H29N5O4. The van der Waals surface area contributed by atoms with E-state index >= 15 is 0 Å². The number of ketones is 1. The Morgan fingerprint density at radius 3 is 2.73 bits per heavy atom. The smallest absolute Gasteiger partial charge is 0.234 e. The van der Waals surface area contributed by atoms with Gasteiger partial charge in [-0.3, -0.25) is 14.6 Å². The highest BCUT2D eigenvalue weighted by Crippen LogP contribution is 2.24. The van der Waals surface area contributed by atoms with Crippen LogP contribution in [0.15, 0.2) is 30.0 Å². The number of hydrogen-bond acceptors (Lipinski definition) is 8. The van der Waals surface area contributed by atoms with Gasteiger partial charge in [0.05, 0.1) is 23.5 Å². The van der Waals surface area contributed by atoms with Crippen molar-refractivity contribution in [3.8, 4) is 5.88 Å². The second-order valence-corrected chi connectivity index (χ2v) is 8.48. The van der Waals surface area contributed by atoms with E-state index in [0.717, 1.165) is 29.8 Å². The van der Waals surface area contributed by atoms with Gasteiger partial charge in [-0.25, -0.2) is 0 Å². The minimum atomic E-state index is -0.179. The lowest BCUT2D eigenvalue weighted by Crippen LogP contribution is -2.41. The maximum atomic E-state index is 12.8. The lowest BCUT2D eigenvalue weighted by atomic mass is 9.97. The summed E-state index contributed by atoms with van der Waals surface area (Å²) >= 11 is 0. The third kappa shape index (κ3) is 5.36. The van der Waals surface area contributed by atoms with Crippen LogP contribution in [0.5, 0.6) is 5.88 Å². The molecule has 2 aromatic rings. The molecule has 33 heavy (non-hydrogen) atoms. The first kappa shape index (κ1) is 22.8. The van der Waals surface area contributed by atoms with Gasteiger partial charge in [-0.05, 0) is 50.8 Å². The van der Waals surface area contributed by atoms with E-state index in [2.05, 4.69) is 15.2 Å². The first-order valence-corrected chi connectivity index (χ1v) is 11.2. The molecule has 4 heterocycles. The third-order valence-electron chi connectivity index (χ3n) is 6.15. The Morgan fingerprint density at radius 2 is 2.03 bits per heavy atom. The molecule has 9 heteroatoms. The van der Waals surface area contributed by atoms with Crippen molar-refractivity contribution in [2.45, 2.75) is 39.7 Å². The molecule has 0 aliphatic carbocycles. The van der Waals surface area contributed by atoms with Gasteiger partial charge in [0.15, 0.2) is 5.78 Å². The maximum absolute atomic E-state index is 12.8. The molecule has 0 bridgehead atoms. The Balaban J connectivity index is 1.43. The quantitative estimate of drug-likeness (QED) is 0.661. The molecule has 0 saturated carbocycles. The van der Waals surface area contributed by atoms with Gasteiger partial charge in [0, 0.05) is 49.2 Å². The van der Waals surface area contributed by atoms with Gasteiger partial charge in [0.25, 0.3) is 0 Å². The largest absolute Gasteiger partial charge is 0.471 e. The summed E-state index contributed by atoms with van der Waals surface area (Å²) in [6.07, 6.45) is 3.87. The summed E-state index contributed by atoms with van der Waals surface area (Å²) in [6, 6.07) is 5.50. The molecule has 0 atom stereocenters. The zero-order valence-electron chi connectivity index (χ0n) is 19.0.